The zero-order valence-corrected chi connectivity index (χ0v) is 23.5. The molecule has 1 aliphatic carbocycles. The van der Waals surface area contributed by atoms with Gasteiger partial charge in [0, 0.05) is 54.6 Å². The van der Waals surface area contributed by atoms with Gasteiger partial charge in [-0.25, -0.2) is 0 Å². The fourth-order valence-electron chi connectivity index (χ4n) is 5.86. The van der Waals surface area contributed by atoms with E-state index in [4.69, 9.17) is 23.1 Å². The summed E-state index contributed by atoms with van der Waals surface area (Å²) in [6, 6.07) is 21.5. The molecule has 0 radical (unpaired) electrons. The number of aliphatic imine (C=N–C) groups is 1. The molecule has 2 amide bonds. The molecule has 40 heavy (non-hydrogen) atoms. The number of benzene rings is 3. The third-order valence-electron chi connectivity index (χ3n) is 8.26. The van der Waals surface area contributed by atoms with Crippen molar-refractivity contribution >= 4 is 40.1 Å². The highest BCUT2D eigenvalue weighted by molar-refractivity contribution is 6.31. The van der Waals surface area contributed by atoms with E-state index in [0.717, 1.165) is 23.6 Å². The van der Waals surface area contributed by atoms with Crippen LogP contribution in [0.3, 0.4) is 0 Å². The smallest absolute Gasteiger partial charge is 0.251 e. The summed E-state index contributed by atoms with van der Waals surface area (Å²) in [6.07, 6.45) is 2.33. The van der Waals surface area contributed by atoms with E-state index < -0.39 is 5.54 Å². The number of rotatable bonds is 9. The fourth-order valence-corrected chi connectivity index (χ4v) is 6.04. The monoisotopic (exact) mass is 560 g/mol. The highest BCUT2D eigenvalue weighted by Gasteiger charge is 2.62. The maximum Gasteiger partial charge on any atom is 0.251 e. The molecular formula is C31H37ClN6O2. The third kappa shape index (κ3) is 6.08. The molecule has 1 heterocycles. The van der Waals surface area contributed by atoms with E-state index >= 15 is 0 Å². The van der Waals surface area contributed by atoms with Gasteiger partial charge in [-0.05, 0) is 59.9 Å². The van der Waals surface area contributed by atoms with Crippen LogP contribution in [0.2, 0.25) is 5.02 Å². The van der Waals surface area contributed by atoms with Gasteiger partial charge in [-0.2, -0.15) is 0 Å². The van der Waals surface area contributed by atoms with Crippen molar-refractivity contribution in [3.8, 4) is 0 Å². The number of hydrogen-bond acceptors (Lipinski definition) is 4. The van der Waals surface area contributed by atoms with Gasteiger partial charge in [0.05, 0.1) is 0 Å². The zero-order valence-electron chi connectivity index (χ0n) is 22.8. The summed E-state index contributed by atoms with van der Waals surface area (Å²) in [7, 11) is 0. The first kappa shape index (κ1) is 27.9. The molecule has 2 fully saturated rings. The number of carbonyl (C=O) groups is 2. The molecule has 3 aromatic rings. The molecule has 9 heteroatoms. The number of fused-ring (bicyclic) bond motifs is 1. The number of amides is 2. The summed E-state index contributed by atoms with van der Waals surface area (Å²) in [5, 5.41) is 9.30. The molecule has 0 bridgehead atoms. The molecule has 0 aromatic heterocycles. The number of nitrogens with two attached hydrogens (primary N) is 2. The topological polar surface area (TPSA) is 126 Å². The van der Waals surface area contributed by atoms with E-state index in [1.54, 1.807) is 0 Å². The molecule has 4 atom stereocenters. The minimum atomic E-state index is -0.720. The van der Waals surface area contributed by atoms with Gasteiger partial charge in [0.1, 0.15) is 5.54 Å². The number of nitrogens with zero attached hydrogens (tertiary/aromatic N) is 2. The Hall–Kier alpha value is -3.62. The van der Waals surface area contributed by atoms with Crippen LogP contribution in [-0.2, 0) is 4.79 Å². The minimum Gasteiger partial charge on any atom is -0.370 e. The van der Waals surface area contributed by atoms with Gasteiger partial charge in [0.25, 0.3) is 5.91 Å². The van der Waals surface area contributed by atoms with Crippen molar-refractivity contribution in [3.63, 3.8) is 0 Å². The van der Waals surface area contributed by atoms with Crippen LogP contribution in [0.1, 0.15) is 48.0 Å². The standard InChI is InChI=1S/C31H37ClN6O2/c1-2-20(21-6-4-3-5-7-21)19-38-13-12-27(37-31(29(38)40)16-25(31)17-36-30(33)34)18-35-28(39)24-9-8-23-15-26(32)11-10-22(23)14-24/h3-11,14-15,20,25,27,37H,2,12-13,16-19H2,1H3,(H,35,39)(H4,33,34,36)/t20-,25?,27+,31?/m1/s1. The summed E-state index contributed by atoms with van der Waals surface area (Å²) in [5.41, 5.74) is 12.3. The van der Waals surface area contributed by atoms with E-state index in [1.165, 1.54) is 5.56 Å². The average molecular weight is 561 g/mol. The molecule has 1 spiro atoms. The zero-order chi connectivity index (χ0) is 28.3. The lowest BCUT2D eigenvalue weighted by Gasteiger charge is -2.29. The highest BCUT2D eigenvalue weighted by Crippen LogP contribution is 2.47. The molecule has 2 unspecified atom stereocenters. The molecular weight excluding hydrogens is 524 g/mol. The van der Waals surface area contributed by atoms with Crippen LogP contribution in [0, 0.1) is 5.92 Å². The first-order valence-electron chi connectivity index (χ1n) is 13.9. The second-order valence-corrected chi connectivity index (χ2v) is 11.4. The lowest BCUT2D eigenvalue weighted by molar-refractivity contribution is -0.134. The second-order valence-electron chi connectivity index (χ2n) is 11.0. The van der Waals surface area contributed by atoms with Crippen LogP contribution in [0.4, 0.5) is 0 Å². The molecule has 3 aromatic carbocycles. The number of hydrogen-bond donors (Lipinski definition) is 4. The van der Waals surface area contributed by atoms with Crippen molar-refractivity contribution in [2.75, 3.05) is 26.2 Å². The number of nitrogens with one attached hydrogen (secondary N) is 2. The van der Waals surface area contributed by atoms with Crippen molar-refractivity contribution in [1.82, 2.24) is 15.5 Å². The summed E-state index contributed by atoms with van der Waals surface area (Å²) >= 11 is 6.10. The summed E-state index contributed by atoms with van der Waals surface area (Å²) < 4.78 is 0. The quantitative estimate of drug-likeness (QED) is 0.235. The summed E-state index contributed by atoms with van der Waals surface area (Å²) in [4.78, 5) is 33.3. The van der Waals surface area contributed by atoms with E-state index in [0.29, 0.717) is 43.2 Å². The van der Waals surface area contributed by atoms with Gasteiger partial charge in [0.15, 0.2) is 5.96 Å². The number of halogens is 1. The fraction of sp³-hybridized carbons (Fsp3) is 0.387. The maximum atomic E-state index is 14.0. The van der Waals surface area contributed by atoms with Crippen LogP contribution in [0.15, 0.2) is 71.7 Å². The van der Waals surface area contributed by atoms with Crippen LogP contribution < -0.4 is 22.1 Å². The van der Waals surface area contributed by atoms with Crippen LogP contribution in [-0.4, -0.2) is 60.4 Å². The predicted octanol–water partition coefficient (Wildman–Crippen LogP) is 3.64. The van der Waals surface area contributed by atoms with Crippen LogP contribution in [0.25, 0.3) is 10.8 Å². The normalized spacial score (nSPS) is 23.1. The largest absolute Gasteiger partial charge is 0.370 e. The second kappa shape index (κ2) is 11.9. The Morgan fingerprint density at radius 1 is 1.15 bits per heavy atom. The Morgan fingerprint density at radius 3 is 2.65 bits per heavy atom. The van der Waals surface area contributed by atoms with Gasteiger partial charge >= 0.3 is 0 Å². The molecule has 1 saturated heterocycles. The first-order valence-corrected chi connectivity index (χ1v) is 14.3. The van der Waals surface area contributed by atoms with E-state index in [1.807, 2.05) is 59.5 Å². The van der Waals surface area contributed by atoms with Crippen molar-refractivity contribution in [2.24, 2.45) is 22.4 Å². The Bertz CT molecular complexity index is 1410. The molecule has 6 N–H and O–H groups in total. The van der Waals surface area contributed by atoms with Gasteiger partial charge in [0.2, 0.25) is 5.91 Å². The maximum absolute atomic E-state index is 14.0. The Labute approximate surface area is 240 Å². The highest BCUT2D eigenvalue weighted by atomic mass is 35.5. The Kier molecular flexibility index (Phi) is 8.28. The van der Waals surface area contributed by atoms with Gasteiger partial charge in [-0.3, -0.25) is 19.9 Å². The van der Waals surface area contributed by atoms with Crippen molar-refractivity contribution in [2.45, 2.75) is 43.7 Å². The van der Waals surface area contributed by atoms with E-state index in [2.05, 4.69) is 34.7 Å². The van der Waals surface area contributed by atoms with Crippen molar-refractivity contribution in [1.29, 1.82) is 0 Å². The van der Waals surface area contributed by atoms with E-state index in [9.17, 15) is 9.59 Å². The molecule has 8 nitrogen and oxygen atoms in total. The Balaban J connectivity index is 1.30. The molecule has 210 valence electrons. The lowest BCUT2D eigenvalue weighted by Crippen LogP contribution is -2.52. The predicted molar refractivity (Wildman–Crippen MR) is 160 cm³/mol. The minimum absolute atomic E-state index is 0.00464. The average Bonchev–Trinajstić information content (AvgIpc) is 3.69. The van der Waals surface area contributed by atoms with Crippen LogP contribution >= 0.6 is 11.6 Å². The SMILES string of the molecule is CC[C@H](CN1CC[C@@H](CNC(=O)c2ccc3cc(Cl)ccc3c2)NC2(CC2CN=C(N)N)C1=O)c1ccccc1. The summed E-state index contributed by atoms with van der Waals surface area (Å²) in [6.45, 7) is 4.23. The van der Waals surface area contributed by atoms with Gasteiger partial charge < -0.3 is 21.7 Å². The van der Waals surface area contributed by atoms with Crippen molar-refractivity contribution in [3.05, 3.63) is 82.9 Å². The molecule has 1 saturated carbocycles. The number of carbonyl (C=O) groups excluding carboxylic acids is 2. The van der Waals surface area contributed by atoms with E-state index in [-0.39, 0.29) is 35.7 Å². The molecule has 1 aliphatic heterocycles. The first-order chi connectivity index (χ1) is 19.3. The third-order valence-corrected chi connectivity index (χ3v) is 8.49. The summed E-state index contributed by atoms with van der Waals surface area (Å²) in [5.74, 6) is 0.223. The molecule has 2 aliphatic rings. The molecule has 5 rings (SSSR count). The van der Waals surface area contributed by atoms with Crippen molar-refractivity contribution < 1.29 is 9.59 Å². The Morgan fingerprint density at radius 2 is 1.90 bits per heavy atom. The van der Waals surface area contributed by atoms with Crippen LogP contribution in [0.5, 0.6) is 0 Å². The number of guanidine groups is 1. The van der Waals surface area contributed by atoms with Gasteiger partial charge in [-0.15, -0.1) is 0 Å². The lowest BCUT2D eigenvalue weighted by atomic mass is 9.95. The van der Waals surface area contributed by atoms with Gasteiger partial charge in [-0.1, -0.05) is 61.0 Å².